The number of nitrogens with zero attached hydrogens (tertiary/aromatic N) is 1. The minimum atomic E-state index is -0.875. The molecule has 3 aromatic rings. The van der Waals surface area contributed by atoms with E-state index >= 15 is 0 Å². The zero-order valence-electron chi connectivity index (χ0n) is 12.4. The van der Waals surface area contributed by atoms with Gasteiger partial charge < -0.3 is 15.5 Å². The number of halogens is 2. The molecule has 2 aromatic heterocycles. The van der Waals surface area contributed by atoms with Crippen LogP contribution in [0.4, 0.5) is 14.5 Å². The first-order valence-electron chi connectivity index (χ1n) is 6.75. The SMILES string of the molecule is COC(=O)c1nc(-c2ccc3cc[nH]c3c2F)c(F)c(N)c1C. The third-order valence-corrected chi connectivity index (χ3v) is 3.73. The van der Waals surface area contributed by atoms with E-state index in [1.165, 1.54) is 20.1 Å². The number of nitrogens with two attached hydrogens (primary N) is 1. The van der Waals surface area contributed by atoms with Gasteiger partial charge in [-0.3, -0.25) is 0 Å². The predicted molar refractivity (Wildman–Crippen MR) is 81.9 cm³/mol. The number of hydrogen-bond acceptors (Lipinski definition) is 4. The molecule has 3 rings (SSSR count). The number of benzene rings is 1. The van der Waals surface area contributed by atoms with E-state index in [4.69, 9.17) is 5.73 Å². The van der Waals surface area contributed by atoms with Crippen molar-refractivity contribution in [2.45, 2.75) is 6.92 Å². The second kappa shape index (κ2) is 5.35. The Morgan fingerprint density at radius 2 is 2.00 bits per heavy atom. The maximum absolute atomic E-state index is 14.6. The number of nitrogen functional groups attached to an aromatic ring is 1. The van der Waals surface area contributed by atoms with Crippen molar-refractivity contribution in [2.75, 3.05) is 12.8 Å². The maximum atomic E-state index is 14.6. The Hall–Kier alpha value is -2.96. The number of aromatic nitrogens is 2. The normalized spacial score (nSPS) is 11.0. The molecule has 0 fully saturated rings. The van der Waals surface area contributed by atoms with Crippen molar-refractivity contribution in [2.24, 2.45) is 0 Å². The summed E-state index contributed by atoms with van der Waals surface area (Å²) in [6.45, 7) is 1.45. The molecule has 118 valence electrons. The first-order valence-corrected chi connectivity index (χ1v) is 6.75. The number of anilines is 1. The van der Waals surface area contributed by atoms with Gasteiger partial charge in [0, 0.05) is 22.7 Å². The molecule has 2 heterocycles. The first kappa shape index (κ1) is 15.0. The molecule has 0 radical (unpaired) electrons. The lowest BCUT2D eigenvalue weighted by Crippen LogP contribution is -2.12. The maximum Gasteiger partial charge on any atom is 0.357 e. The summed E-state index contributed by atoms with van der Waals surface area (Å²) in [5, 5.41) is 0.639. The van der Waals surface area contributed by atoms with Crippen LogP contribution in [0.1, 0.15) is 16.1 Å². The Kier molecular flexibility index (Phi) is 3.48. The van der Waals surface area contributed by atoms with Gasteiger partial charge in [0.1, 0.15) is 5.69 Å². The molecule has 1 aromatic carbocycles. The summed E-state index contributed by atoms with van der Waals surface area (Å²) in [6, 6.07) is 4.71. The number of esters is 1. The third-order valence-electron chi connectivity index (χ3n) is 3.73. The quantitative estimate of drug-likeness (QED) is 0.711. The van der Waals surface area contributed by atoms with Crippen LogP contribution in [0.2, 0.25) is 0 Å². The van der Waals surface area contributed by atoms with Crippen LogP contribution in [-0.2, 0) is 4.74 Å². The molecule has 0 unspecified atom stereocenters. The molecule has 23 heavy (non-hydrogen) atoms. The molecular formula is C16H13F2N3O2. The van der Waals surface area contributed by atoms with Crippen molar-refractivity contribution in [3.63, 3.8) is 0 Å². The van der Waals surface area contributed by atoms with Crippen LogP contribution in [0.25, 0.3) is 22.2 Å². The number of fused-ring (bicyclic) bond motifs is 1. The summed E-state index contributed by atoms with van der Waals surface area (Å²) in [6.07, 6.45) is 1.57. The van der Waals surface area contributed by atoms with Gasteiger partial charge in [0.15, 0.2) is 17.3 Å². The van der Waals surface area contributed by atoms with Crippen LogP contribution in [0.15, 0.2) is 24.4 Å². The van der Waals surface area contributed by atoms with E-state index in [0.717, 1.165) is 0 Å². The fourth-order valence-corrected chi connectivity index (χ4v) is 2.41. The van der Waals surface area contributed by atoms with E-state index in [1.54, 1.807) is 18.3 Å². The average molecular weight is 317 g/mol. The lowest BCUT2D eigenvalue weighted by Gasteiger charge is -2.12. The fourth-order valence-electron chi connectivity index (χ4n) is 2.41. The van der Waals surface area contributed by atoms with E-state index < -0.39 is 17.6 Å². The highest BCUT2D eigenvalue weighted by atomic mass is 19.1. The van der Waals surface area contributed by atoms with E-state index in [9.17, 15) is 13.6 Å². The largest absolute Gasteiger partial charge is 0.464 e. The molecule has 5 nitrogen and oxygen atoms in total. The van der Waals surface area contributed by atoms with Crippen molar-refractivity contribution in [3.8, 4) is 11.3 Å². The zero-order chi connectivity index (χ0) is 16.7. The van der Waals surface area contributed by atoms with E-state index in [0.29, 0.717) is 5.39 Å². The topological polar surface area (TPSA) is 81.0 Å². The minimum Gasteiger partial charge on any atom is -0.464 e. The summed E-state index contributed by atoms with van der Waals surface area (Å²) in [5.41, 5.74) is 5.25. The smallest absolute Gasteiger partial charge is 0.357 e. The minimum absolute atomic E-state index is 0.0886. The van der Waals surface area contributed by atoms with Gasteiger partial charge in [0.25, 0.3) is 0 Å². The Balaban J connectivity index is 2.31. The van der Waals surface area contributed by atoms with Gasteiger partial charge >= 0.3 is 5.97 Å². The first-order chi connectivity index (χ1) is 11.0. The molecule has 0 spiro atoms. The van der Waals surface area contributed by atoms with Gasteiger partial charge in [-0.25, -0.2) is 18.6 Å². The Labute approximate surface area is 130 Å². The lowest BCUT2D eigenvalue weighted by molar-refractivity contribution is 0.0593. The summed E-state index contributed by atoms with van der Waals surface area (Å²) in [4.78, 5) is 18.5. The standard InChI is InChI=1S/C16H13F2N3O2/c1-7-12(19)11(18)15(21-13(7)16(22)23-2)9-4-3-8-5-6-20-14(8)10(9)17/h3-6,20H,1-2H3,(H2,19,21). The lowest BCUT2D eigenvalue weighted by atomic mass is 10.0. The van der Waals surface area contributed by atoms with Gasteiger partial charge in [-0.05, 0) is 19.1 Å². The Bertz CT molecular complexity index is 935. The number of aromatic amines is 1. The number of pyridine rings is 1. The van der Waals surface area contributed by atoms with Gasteiger partial charge in [0.2, 0.25) is 0 Å². The Morgan fingerprint density at radius 3 is 2.70 bits per heavy atom. The van der Waals surface area contributed by atoms with Gasteiger partial charge in [-0.2, -0.15) is 0 Å². The van der Waals surface area contributed by atoms with Gasteiger partial charge in [0.05, 0.1) is 18.3 Å². The molecular weight excluding hydrogens is 304 g/mol. The van der Waals surface area contributed by atoms with Crippen molar-refractivity contribution < 1.29 is 18.3 Å². The molecule has 0 bridgehead atoms. The molecule has 7 heteroatoms. The molecule has 0 atom stereocenters. The van der Waals surface area contributed by atoms with Crippen molar-refractivity contribution in [1.82, 2.24) is 9.97 Å². The number of hydrogen-bond donors (Lipinski definition) is 2. The van der Waals surface area contributed by atoms with Crippen molar-refractivity contribution >= 4 is 22.6 Å². The second-order valence-corrected chi connectivity index (χ2v) is 5.02. The highest BCUT2D eigenvalue weighted by Crippen LogP contribution is 2.32. The monoisotopic (exact) mass is 317 g/mol. The van der Waals surface area contributed by atoms with Gasteiger partial charge in [-0.15, -0.1) is 0 Å². The summed E-state index contributed by atoms with van der Waals surface area (Å²) in [7, 11) is 1.17. The van der Waals surface area contributed by atoms with Crippen LogP contribution in [-0.4, -0.2) is 23.0 Å². The molecule has 0 saturated carbocycles. The van der Waals surface area contributed by atoms with Crippen LogP contribution in [0.3, 0.4) is 0 Å². The average Bonchev–Trinajstić information content (AvgIpc) is 3.03. The fraction of sp³-hybridized carbons (Fsp3) is 0.125. The molecule has 3 N–H and O–H groups in total. The number of carbonyl (C=O) groups is 1. The van der Waals surface area contributed by atoms with E-state index in [-0.39, 0.29) is 33.7 Å². The number of rotatable bonds is 2. The van der Waals surface area contributed by atoms with Crippen LogP contribution < -0.4 is 5.73 Å². The van der Waals surface area contributed by atoms with Crippen LogP contribution in [0, 0.1) is 18.6 Å². The number of nitrogens with one attached hydrogen (secondary N) is 1. The number of H-pyrrole nitrogens is 1. The second-order valence-electron chi connectivity index (χ2n) is 5.02. The number of carbonyl (C=O) groups excluding carboxylic acids is 1. The van der Waals surface area contributed by atoms with E-state index in [2.05, 4.69) is 14.7 Å². The van der Waals surface area contributed by atoms with Gasteiger partial charge in [-0.1, -0.05) is 6.07 Å². The number of methoxy groups -OCH3 is 1. The molecule has 0 saturated heterocycles. The van der Waals surface area contributed by atoms with E-state index in [1.807, 2.05) is 0 Å². The summed E-state index contributed by atoms with van der Waals surface area (Å²) >= 11 is 0. The summed E-state index contributed by atoms with van der Waals surface area (Å²) in [5.74, 6) is -2.31. The molecule has 0 aliphatic heterocycles. The Morgan fingerprint density at radius 1 is 1.26 bits per heavy atom. The molecule has 0 amide bonds. The van der Waals surface area contributed by atoms with Crippen LogP contribution >= 0.6 is 0 Å². The molecule has 0 aliphatic carbocycles. The third kappa shape index (κ3) is 2.21. The van der Waals surface area contributed by atoms with Crippen molar-refractivity contribution in [3.05, 3.63) is 47.3 Å². The highest BCUT2D eigenvalue weighted by Gasteiger charge is 2.23. The summed E-state index contributed by atoms with van der Waals surface area (Å²) < 4.78 is 33.7. The zero-order valence-corrected chi connectivity index (χ0v) is 12.4. The van der Waals surface area contributed by atoms with Crippen molar-refractivity contribution in [1.29, 1.82) is 0 Å². The highest BCUT2D eigenvalue weighted by molar-refractivity contribution is 5.92. The predicted octanol–water partition coefficient (Wildman–Crippen LogP) is 3.19. The molecule has 0 aliphatic rings. The van der Waals surface area contributed by atoms with Crippen LogP contribution in [0.5, 0.6) is 0 Å². The number of ether oxygens (including phenoxy) is 1.